The van der Waals surface area contributed by atoms with Crippen LogP contribution in [0.2, 0.25) is 0 Å². The average Bonchev–Trinajstić information content (AvgIpc) is 3.54. The maximum absolute atomic E-state index is 12.8. The van der Waals surface area contributed by atoms with E-state index < -0.39 is 0 Å². The molecule has 2 aromatic rings. The van der Waals surface area contributed by atoms with Gasteiger partial charge in [-0.1, -0.05) is 42.5 Å². The summed E-state index contributed by atoms with van der Waals surface area (Å²) in [7, 11) is 0. The maximum atomic E-state index is 12.8. The van der Waals surface area contributed by atoms with Crippen molar-refractivity contribution in [2.24, 2.45) is 5.92 Å². The zero-order valence-corrected chi connectivity index (χ0v) is 16.3. The number of carbonyl (C=O) groups is 2. The van der Waals surface area contributed by atoms with E-state index in [9.17, 15) is 9.59 Å². The number of amides is 2. The van der Waals surface area contributed by atoms with Gasteiger partial charge in [0.2, 0.25) is 5.91 Å². The molecule has 1 saturated carbocycles. The van der Waals surface area contributed by atoms with Crippen LogP contribution in [0.5, 0.6) is 0 Å². The van der Waals surface area contributed by atoms with E-state index in [1.54, 1.807) is 11.8 Å². The largest absolute Gasteiger partial charge is 0.339 e. The molecule has 2 unspecified atom stereocenters. The normalized spacial score (nSPS) is 21.8. The van der Waals surface area contributed by atoms with E-state index in [2.05, 4.69) is 12.1 Å². The summed E-state index contributed by atoms with van der Waals surface area (Å²) in [6, 6.07) is 18.0. The van der Waals surface area contributed by atoms with Crippen molar-refractivity contribution in [1.82, 2.24) is 9.80 Å². The second kappa shape index (κ2) is 7.77. The van der Waals surface area contributed by atoms with Crippen LogP contribution in [0.15, 0.2) is 59.5 Å². The number of benzene rings is 2. The monoisotopic (exact) mass is 380 g/mol. The smallest absolute Gasteiger partial charge is 0.255 e. The van der Waals surface area contributed by atoms with Crippen LogP contribution in [0.25, 0.3) is 0 Å². The van der Waals surface area contributed by atoms with Crippen molar-refractivity contribution in [2.75, 3.05) is 32.4 Å². The third kappa shape index (κ3) is 3.74. The van der Waals surface area contributed by atoms with Crippen LogP contribution in [0.3, 0.4) is 0 Å². The van der Waals surface area contributed by atoms with E-state index in [0.717, 1.165) is 16.9 Å². The molecule has 0 spiro atoms. The first-order valence-corrected chi connectivity index (χ1v) is 10.7. The Morgan fingerprint density at radius 1 is 0.889 bits per heavy atom. The molecule has 0 aromatic heterocycles. The summed E-state index contributed by atoms with van der Waals surface area (Å²) in [5.41, 5.74) is 2.02. The Kier molecular flexibility index (Phi) is 5.21. The summed E-state index contributed by atoms with van der Waals surface area (Å²) in [5, 5.41) is 0. The highest BCUT2D eigenvalue weighted by Crippen LogP contribution is 2.48. The van der Waals surface area contributed by atoms with Gasteiger partial charge in [0, 0.05) is 37.0 Å². The third-order valence-electron chi connectivity index (χ3n) is 5.55. The lowest BCUT2D eigenvalue weighted by Gasteiger charge is -2.35. The first-order valence-electron chi connectivity index (χ1n) is 9.45. The van der Waals surface area contributed by atoms with E-state index in [1.807, 2.05) is 58.5 Å². The lowest BCUT2D eigenvalue weighted by molar-refractivity contribution is -0.134. The van der Waals surface area contributed by atoms with Crippen LogP contribution in [0.1, 0.15) is 28.3 Å². The van der Waals surface area contributed by atoms with Crippen LogP contribution in [0, 0.1) is 5.92 Å². The number of nitrogens with zero attached hydrogens (tertiary/aromatic N) is 2. The van der Waals surface area contributed by atoms with Crippen molar-refractivity contribution in [3.8, 4) is 0 Å². The first-order chi connectivity index (χ1) is 13.2. The van der Waals surface area contributed by atoms with E-state index in [0.29, 0.717) is 32.1 Å². The molecule has 27 heavy (non-hydrogen) atoms. The van der Waals surface area contributed by atoms with Gasteiger partial charge in [-0.3, -0.25) is 9.59 Å². The Balaban J connectivity index is 1.34. The maximum Gasteiger partial charge on any atom is 0.255 e. The van der Waals surface area contributed by atoms with Crippen LogP contribution in [0.4, 0.5) is 0 Å². The predicted molar refractivity (Wildman–Crippen MR) is 108 cm³/mol. The second-order valence-electron chi connectivity index (χ2n) is 7.18. The number of hydrogen-bond acceptors (Lipinski definition) is 3. The van der Waals surface area contributed by atoms with Crippen LogP contribution >= 0.6 is 11.8 Å². The topological polar surface area (TPSA) is 40.6 Å². The minimum Gasteiger partial charge on any atom is -0.339 e. The van der Waals surface area contributed by atoms with E-state index >= 15 is 0 Å². The van der Waals surface area contributed by atoms with Crippen LogP contribution in [-0.4, -0.2) is 54.0 Å². The van der Waals surface area contributed by atoms with Gasteiger partial charge in [-0.2, -0.15) is 0 Å². The molecule has 5 heteroatoms. The molecule has 1 saturated heterocycles. The van der Waals surface area contributed by atoms with E-state index in [4.69, 9.17) is 0 Å². The van der Waals surface area contributed by atoms with E-state index in [-0.39, 0.29) is 17.7 Å². The molecule has 4 rings (SSSR count). The van der Waals surface area contributed by atoms with Gasteiger partial charge < -0.3 is 9.80 Å². The predicted octanol–water partition coefficient (Wildman–Crippen LogP) is 3.50. The van der Waals surface area contributed by atoms with Crippen molar-refractivity contribution >= 4 is 23.6 Å². The fourth-order valence-electron chi connectivity index (χ4n) is 3.89. The number of rotatable bonds is 4. The lowest BCUT2D eigenvalue weighted by atomic mass is 10.1. The number of hydrogen-bond donors (Lipinski definition) is 0. The van der Waals surface area contributed by atoms with Gasteiger partial charge in [0.15, 0.2) is 0 Å². The summed E-state index contributed by atoms with van der Waals surface area (Å²) in [6.45, 7) is 2.47. The molecule has 0 radical (unpaired) electrons. The summed E-state index contributed by atoms with van der Waals surface area (Å²) in [4.78, 5) is 30.5. The Morgan fingerprint density at radius 3 is 2.22 bits per heavy atom. The standard InChI is InChI=1S/C22H24N2O2S/c1-27-20-10-6-5-9-17(20)21(25)23-11-13-24(14-12-23)22(26)19-15-18(19)16-7-3-2-4-8-16/h2-10,18-19H,11-15H2,1H3. The molecule has 2 atom stereocenters. The molecular formula is C22H24N2O2S. The van der Waals surface area contributed by atoms with Gasteiger partial charge >= 0.3 is 0 Å². The fraction of sp³-hybridized carbons (Fsp3) is 0.364. The van der Waals surface area contributed by atoms with Crippen molar-refractivity contribution in [2.45, 2.75) is 17.2 Å². The summed E-state index contributed by atoms with van der Waals surface area (Å²) in [5.74, 6) is 0.805. The third-order valence-corrected chi connectivity index (χ3v) is 6.35. The van der Waals surface area contributed by atoms with Gasteiger partial charge in [0.25, 0.3) is 5.91 Å². The van der Waals surface area contributed by atoms with E-state index in [1.165, 1.54) is 5.56 Å². The van der Waals surface area contributed by atoms with Gasteiger partial charge in [-0.15, -0.1) is 11.8 Å². The molecule has 2 aromatic carbocycles. The first kappa shape index (κ1) is 18.1. The highest BCUT2D eigenvalue weighted by atomic mass is 32.2. The second-order valence-corrected chi connectivity index (χ2v) is 8.03. The minimum atomic E-state index is 0.0700. The SMILES string of the molecule is CSc1ccccc1C(=O)N1CCN(C(=O)C2CC2c2ccccc2)CC1. The lowest BCUT2D eigenvalue weighted by Crippen LogP contribution is -2.51. The zero-order valence-electron chi connectivity index (χ0n) is 15.5. The number of piperazine rings is 1. The Hall–Kier alpha value is -2.27. The van der Waals surface area contributed by atoms with Crippen molar-refractivity contribution in [3.05, 3.63) is 65.7 Å². The quantitative estimate of drug-likeness (QED) is 0.763. The molecule has 4 nitrogen and oxygen atoms in total. The molecule has 1 aliphatic carbocycles. The Bertz CT molecular complexity index is 831. The Morgan fingerprint density at radius 2 is 1.52 bits per heavy atom. The fourth-order valence-corrected chi connectivity index (χ4v) is 4.48. The van der Waals surface area contributed by atoms with Gasteiger partial charge in [0.1, 0.15) is 0 Å². The average molecular weight is 381 g/mol. The summed E-state index contributed by atoms with van der Waals surface area (Å²) < 4.78 is 0. The van der Waals surface area contributed by atoms with Gasteiger partial charge in [0.05, 0.1) is 5.56 Å². The molecule has 2 amide bonds. The molecule has 0 N–H and O–H groups in total. The Labute approximate surface area is 164 Å². The van der Waals surface area contributed by atoms with Crippen LogP contribution < -0.4 is 0 Å². The molecular weight excluding hydrogens is 356 g/mol. The van der Waals surface area contributed by atoms with Gasteiger partial charge in [-0.05, 0) is 36.3 Å². The van der Waals surface area contributed by atoms with Crippen LogP contribution in [-0.2, 0) is 4.79 Å². The molecule has 140 valence electrons. The highest BCUT2D eigenvalue weighted by Gasteiger charge is 2.46. The molecule has 1 heterocycles. The zero-order chi connectivity index (χ0) is 18.8. The van der Waals surface area contributed by atoms with Gasteiger partial charge in [-0.25, -0.2) is 0 Å². The number of thioether (sulfide) groups is 1. The highest BCUT2D eigenvalue weighted by molar-refractivity contribution is 7.98. The summed E-state index contributed by atoms with van der Waals surface area (Å²) in [6.07, 6.45) is 2.94. The van der Waals surface area contributed by atoms with Crippen molar-refractivity contribution in [1.29, 1.82) is 0 Å². The summed E-state index contributed by atoms with van der Waals surface area (Å²) >= 11 is 1.59. The molecule has 0 bridgehead atoms. The van der Waals surface area contributed by atoms with Crippen molar-refractivity contribution < 1.29 is 9.59 Å². The molecule has 1 aliphatic heterocycles. The number of carbonyl (C=O) groups excluding carboxylic acids is 2. The molecule has 2 aliphatic rings. The van der Waals surface area contributed by atoms with Crippen molar-refractivity contribution in [3.63, 3.8) is 0 Å². The molecule has 2 fully saturated rings. The minimum absolute atomic E-state index is 0.0700.